The fourth-order valence-corrected chi connectivity index (χ4v) is 1.92. The first kappa shape index (κ1) is 16.7. The van der Waals surface area contributed by atoms with Crippen molar-refractivity contribution in [1.82, 2.24) is 0 Å². The van der Waals surface area contributed by atoms with Crippen LogP contribution >= 0.6 is 28.3 Å². The van der Waals surface area contributed by atoms with Gasteiger partial charge in [0.1, 0.15) is 5.82 Å². The summed E-state index contributed by atoms with van der Waals surface area (Å²) in [6, 6.07) is 2.99. The molecule has 0 aliphatic rings. The summed E-state index contributed by atoms with van der Waals surface area (Å²) in [7, 11) is 0. The summed E-state index contributed by atoms with van der Waals surface area (Å²) in [5.74, 6) is -0.460. The zero-order chi connectivity index (χ0) is 12.3. The normalized spacial score (nSPS) is 13.1. The molecule has 1 aromatic carbocycles. The third-order valence-corrected chi connectivity index (χ3v) is 2.79. The van der Waals surface area contributed by atoms with E-state index < -0.39 is 24.5 Å². The van der Waals surface area contributed by atoms with Gasteiger partial charge in [0.05, 0.1) is 0 Å². The van der Waals surface area contributed by atoms with E-state index in [4.69, 9.17) is 5.73 Å². The highest BCUT2D eigenvalue weighted by atomic mass is 79.9. The average molecular weight is 337 g/mol. The molecule has 0 spiro atoms. The number of rotatable bonds is 3. The van der Waals surface area contributed by atoms with E-state index in [9.17, 15) is 17.6 Å². The topological polar surface area (TPSA) is 26.0 Å². The van der Waals surface area contributed by atoms with Gasteiger partial charge in [-0.25, -0.2) is 4.39 Å². The molecule has 0 heterocycles. The molecule has 1 rings (SSSR count). The second-order valence-corrected chi connectivity index (χ2v) is 4.28. The molecule has 0 fully saturated rings. The number of halogens is 6. The Hall–Kier alpha value is -0.330. The highest BCUT2D eigenvalue weighted by Gasteiger charge is 2.28. The van der Waals surface area contributed by atoms with Crippen LogP contribution in [0.3, 0.4) is 0 Å². The second-order valence-electron chi connectivity index (χ2n) is 3.43. The minimum absolute atomic E-state index is 0. The van der Waals surface area contributed by atoms with Crippen LogP contribution in [0.2, 0.25) is 0 Å². The quantitative estimate of drug-likeness (QED) is 0.816. The summed E-state index contributed by atoms with van der Waals surface area (Å²) < 4.78 is 49.0. The van der Waals surface area contributed by atoms with Gasteiger partial charge in [-0.2, -0.15) is 13.2 Å². The predicted molar refractivity (Wildman–Crippen MR) is 63.6 cm³/mol. The van der Waals surface area contributed by atoms with Crippen LogP contribution in [0.15, 0.2) is 22.7 Å². The van der Waals surface area contributed by atoms with Gasteiger partial charge in [-0.1, -0.05) is 22.0 Å². The molecule has 0 aliphatic carbocycles. The Morgan fingerprint density at radius 1 is 1.29 bits per heavy atom. The van der Waals surface area contributed by atoms with Crippen molar-refractivity contribution < 1.29 is 17.6 Å². The van der Waals surface area contributed by atoms with Gasteiger partial charge in [0, 0.05) is 16.9 Å². The average Bonchev–Trinajstić information content (AvgIpc) is 2.13. The van der Waals surface area contributed by atoms with E-state index in [1.165, 1.54) is 18.2 Å². The first-order chi connectivity index (χ1) is 7.29. The van der Waals surface area contributed by atoms with E-state index in [1.807, 2.05) is 0 Å². The molecule has 17 heavy (non-hydrogen) atoms. The van der Waals surface area contributed by atoms with Crippen LogP contribution < -0.4 is 5.73 Å². The highest BCUT2D eigenvalue weighted by Crippen LogP contribution is 2.29. The Morgan fingerprint density at radius 2 is 1.88 bits per heavy atom. The Balaban J connectivity index is 0.00000256. The predicted octanol–water partition coefficient (Wildman–Crippen LogP) is 4.35. The number of alkyl halides is 3. The molecule has 1 aromatic rings. The highest BCUT2D eigenvalue weighted by molar-refractivity contribution is 9.10. The van der Waals surface area contributed by atoms with Gasteiger partial charge in [0.15, 0.2) is 0 Å². The van der Waals surface area contributed by atoms with Crippen LogP contribution in [0.25, 0.3) is 0 Å². The molecule has 1 atom stereocenters. The molecular formula is C10H11BrClF4N. The fourth-order valence-electron chi connectivity index (χ4n) is 1.28. The molecule has 0 saturated carbocycles. The van der Waals surface area contributed by atoms with E-state index in [0.717, 1.165) is 0 Å². The van der Waals surface area contributed by atoms with Gasteiger partial charge in [-0.3, -0.25) is 0 Å². The van der Waals surface area contributed by atoms with Gasteiger partial charge >= 0.3 is 6.18 Å². The smallest absolute Gasteiger partial charge is 0.324 e. The lowest BCUT2D eigenvalue weighted by Crippen LogP contribution is -2.16. The van der Waals surface area contributed by atoms with E-state index >= 15 is 0 Å². The summed E-state index contributed by atoms with van der Waals surface area (Å²) in [4.78, 5) is 0. The van der Waals surface area contributed by atoms with Crippen LogP contribution in [0.1, 0.15) is 24.4 Å². The lowest BCUT2D eigenvalue weighted by Gasteiger charge is -2.15. The first-order valence-electron chi connectivity index (χ1n) is 4.57. The van der Waals surface area contributed by atoms with Crippen LogP contribution in [0.5, 0.6) is 0 Å². The van der Waals surface area contributed by atoms with Crippen molar-refractivity contribution in [3.63, 3.8) is 0 Å². The van der Waals surface area contributed by atoms with Crippen LogP contribution in [-0.4, -0.2) is 6.18 Å². The van der Waals surface area contributed by atoms with Crippen molar-refractivity contribution in [1.29, 1.82) is 0 Å². The Kier molecular flexibility index (Phi) is 6.43. The van der Waals surface area contributed by atoms with E-state index in [2.05, 4.69) is 15.9 Å². The number of hydrogen-bond acceptors (Lipinski definition) is 1. The fraction of sp³-hybridized carbons (Fsp3) is 0.400. The van der Waals surface area contributed by atoms with Crippen LogP contribution in [-0.2, 0) is 0 Å². The van der Waals surface area contributed by atoms with Gasteiger partial charge in [-0.05, 0) is 24.1 Å². The molecule has 7 heteroatoms. The molecule has 0 radical (unpaired) electrons. The van der Waals surface area contributed by atoms with Crippen molar-refractivity contribution in [2.24, 2.45) is 5.73 Å². The first-order valence-corrected chi connectivity index (χ1v) is 5.36. The lowest BCUT2D eigenvalue weighted by molar-refractivity contribution is -0.136. The molecule has 1 nitrogen and oxygen atoms in total. The molecule has 98 valence electrons. The van der Waals surface area contributed by atoms with Crippen LogP contribution in [0.4, 0.5) is 17.6 Å². The van der Waals surface area contributed by atoms with E-state index in [1.54, 1.807) is 0 Å². The van der Waals surface area contributed by atoms with Gasteiger partial charge in [0.2, 0.25) is 0 Å². The maximum absolute atomic E-state index is 12.7. The zero-order valence-corrected chi connectivity index (χ0v) is 11.0. The van der Waals surface area contributed by atoms with E-state index in [-0.39, 0.29) is 18.8 Å². The SMILES string of the molecule is Cl.N[C@@H](CCC(F)(F)F)c1ccc(F)cc1Br. The molecule has 0 bridgehead atoms. The van der Waals surface area contributed by atoms with Gasteiger partial charge in [-0.15, -0.1) is 12.4 Å². The molecule has 2 N–H and O–H groups in total. The largest absolute Gasteiger partial charge is 0.389 e. The maximum Gasteiger partial charge on any atom is 0.389 e. The summed E-state index contributed by atoms with van der Waals surface area (Å²) in [6.45, 7) is 0. The summed E-state index contributed by atoms with van der Waals surface area (Å²) in [5.41, 5.74) is 6.08. The Labute approximate surface area is 111 Å². The minimum Gasteiger partial charge on any atom is -0.324 e. The van der Waals surface area contributed by atoms with Crippen LogP contribution in [0, 0.1) is 5.82 Å². The monoisotopic (exact) mass is 335 g/mol. The van der Waals surface area contributed by atoms with Crippen molar-refractivity contribution >= 4 is 28.3 Å². The molecule has 0 aliphatic heterocycles. The summed E-state index contributed by atoms with van der Waals surface area (Å²) in [6.07, 6.45) is -5.38. The van der Waals surface area contributed by atoms with Crippen molar-refractivity contribution in [3.05, 3.63) is 34.1 Å². The molecule has 0 amide bonds. The Bertz CT molecular complexity index is 370. The number of nitrogens with two attached hydrogens (primary N) is 1. The third-order valence-electron chi connectivity index (χ3n) is 2.10. The molecular weight excluding hydrogens is 325 g/mol. The second kappa shape index (κ2) is 6.56. The number of benzene rings is 1. The minimum atomic E-state index is -4.22. The lowest BCUT2D eigenvalue weighted by atomic mass is 10.0. The molecule has 0 unspecified atom stereocenters. The van der Waals surface area contributed by atoms with Crippen molar-refractivity contribution in [2.75, 3.05) is 0 Å². The number of hydrogen-bond donors (Lipinski definition) is 1. The molecule has 0 saturated heterocycles. The summed E-state index contributed by atoms with van der Waals surface area (Å²) >= 11 is 3.07. The summed E-state index contributed by atoms with van der Waals surface area (Å²) in [5, 5.41) is 0. The van der Waals surface area contributed by atoms with Gasteiger partial charge in [0.25, 0.3) is 0 Å². The Morgan fingerprint density at radius 3 is 2.35 bits per heavy atom. The molecule has 0 aromatic heterocycles. The van der Waals surface area contributed by atoms with E-state index in [0.29, 0.717) is 10.0 Å². The maximum atomic E-state index is 12.7. The zero-order valence-electron chi connectivity index (χ0n) is 8.60. The van der Waals surface area contributed by atoms with Gasteiger partial charge < -0.3 is 5.73 Å². The third kappa shape index (κ3) is 5.70. The standard InChI is InChI=1S/C10H10BrF4N.ClH/c11-8-5-6(12)1-2-7(8)9(16)3-4-10(13,14)15;/h1-2,5,9H,3-4,16H2;1H/t9-;/m0./s1. The van der Waals surface area contributed by atoms with Crippen molar-refractivity contribution in [3.8, 4) is 0 Å². The van der Waals surface area contributed by atoms with Crippen molar-refractivity contribution in [2.45, 2.75) is 25.1 Å².